The zero-order valence-electron chi connectivity index (χ0n) is 4.94. The van der Waals surface area contributed by atoms with E-state index in [1.165, 1.54) is 0 Å². The molecule has 0 aromatic rings. The second-order valence-electron chi connectivity index (χ2n) is 1.52. The van der Waals surface area contributed by atoms with E-state index < -0.39 is 0 Å². The van der Waals surface area contributed by atoms with Gasteiger partial charge in [0.15, 0.2) is 0 Å². The summed E-state index contributed by atoms with van der Waals surface area (Å²) in [6.07, 6.45) is 1.08. The summed E-state index contributed by atoms with van der Waals surface area (Å²) in [4.78, 5) is 3.94. The van der Waals surface area contributed by atoms with Crippen molar-refractivity contribution in [1.29, 1.82) is 0 Å². The van der Waals surface area contributed by atoms with Gasteiger partial charge in [-0.3, -0.25) is 4.99 Å². The van der Waals surface area contributed by atoms with Crippen molar-refractivity contribution in [3.63, 3.8) is 0 Å². The lowest BCUT2D eigenvalue weighted by atomic mass is 10.5. The molecule has 2 heteroatoms. The van der Waals surface area contributed by atoms with E-state index in [1.807, 2.05) is 0 Å². The quantitative estimate of drug-likeness (QED) is 0.404. The number of hydrogen-bond donors (Lipinski definition) is 1. The maximum atomic E-state index is 5.23. The Morgan fingerprint density at radius 1 is 1.71 bits per heavy atom. The van der Waals surface area contributed by atoms with Gasteiger partial charge in [0.1, 0.15) is 0 Å². The number of nitrogens with two attached hydrogens (primary N) is 1. The Labute approximate surface area is 44.4 Å². The highest BCUT2D eigenvalue weighted by molar-refractivity contribution is 5.77. The summed E-state index contributed by atoms with van der Waals surface area (Å²) in [6, 6.07) is 0. The molecular weight excluding hydrogens is 88.1 g/mol. The van der Waals surface area contributed by atoms with Gasteiger partial charge in [-0.05, 0) is 13.3 Å². The van der Waals surface area contributed by atoms with Crippen molar-refractivity contribution in [2.75, 3.05) is 6.54 Å². The fourth-order valence-corrected chi connectivity index (χ4v) is 0.288. The summed E-state index contributed by atoms with van der Waals surface area (Å²) in [5, 5.41) is 0. The minimum absolute atomic E-state index is 0.682. The molecule has 7 heavy (non-hydrogen) atoms. The molecule has 0 aliphatic rings. The summed E-state index contributed by atoms with van der Waals surface area (Å²) in [5.41, 5.74) is 5.23. The summed E-state index contributed by atoms with van der Waals surface area (Å²) >= 11 is 0. The van der Waals surface area contributed by atoms with Gasteiger partial charge in [-0.25, -0.2) is 0 Å². The first-order chi connectivity index (χ1) is 3.27. The molecular formula is C5H12N2. The van der Waals surface area contributed by atoms with Gasteiger partial charge in [-0.15, -0.1) is 0 Å². The zero-order valence-corrected chi connectivity index (χ0v) is 4.94. The van der Waals surface area contributed by atoms with E-state index in [0.29, 0.717) is 5.84 Å². The van der Waals surface area contributed by atoms with Gasteiger partial charge < -0.3 is 5.73 Å². The molecule has 0 amide bonds. The van der Waals surface area contributed by atoms with Crippen LogP contribution in [0.25, 0.3) is 0 Å². The molecule has 42 valence electrons. The van der Waals surface area contributed by atoms with Crippen LogP contribution in [0, 0.1) is 0 Å². The highest BCUT2D eigenvalue weighted by Gasteiger charge is 1.73. The second-order valence-corrected chi connectivity index (χ2v) is 1.52. The number of aliphatic imine (C=N–C) groups is 1. The van der Waals surface area contributed by atoms with Crippen LogP contribution in [0.5, 0.6) is 0 Å². The largest absolute Gasteiger partial charge is 0.388 e. The van der Waals surface area contributed by atoms with Crippen molar-refractivity contribution in [2.24, 2.45) is 10.7 Å². The Kier molecular flexibility index (Phi) is 3.38. The fourth-order valence-electron chi connectivity index (χ4n) is 0.288. The van der Waals surface area contributed by atoms with Crippen molar-refractivity contribution in [3.05, 3.63) is 0 Å². The second kappa shape index (κ2) is 3.65. The summed E-state index contributed by atoms with van der Waals surface area (Å²) in [5.74, 6) is 0.682. The van der Waals surface area contributed by atoms with E-state index in [0.717, 1.165) is 13.0 Å². The van der Waals surface area contributed by atoms with Crippen LogP contribution in [0.15, 0.2) is 4.99 Å². The first-order valence-electron chi connectivity index (χ1n) is 2.54. The normalized spacial score (nSPS) is 12.0. The lowest BCUT2D eigenvalue weighted by molar-refractivity contribution is 0.929. The van der Waals surface area contributed by atoms with Gasteiger partial charge in [0.25, 0.3) is 0 Å². The molecule has 0 aliphatic heterocycles. The summed E-state index contributed by atoms with van der Waals surface area (Å²) < 4.78 is 0. The molecule has 2 N–H and O–H groups in total. The van der Waals surface area contributed by atoms with Gasteiger partial charge in [-0.2, -0.15) is 0 Å². The van der Waals surface area contributed by atoms with E-state index in [-0.39, 0.29) is 0 Å². The van der Waals surface area contributed by atoms with Crippen molar-refractivity contribution < 1.29 is 0 Å². The molecule has 0 aliphatic carbocycles. The van der Waals surface area contributed by atoms with Crippen molar-refractivity contribution in [2.45, 2.75) is 20.3 Å². The molecule has 0 spiro atoms. The minimum Gasteiger partial charge on any atom is -0.388 e. The van der Waals surface area contributed by atoms with Crippen LogP contribution in [-0.2, 0) is 0 Å². The number of hydrogen-bond acceptors (Lipinski definition) is 1. The molecule has 0 heterocycles. The van der Waals surface area contributed by atoms with Crippen LogP contribution in [0.1, 0.15) is 20.3 Å². The van der Waals surface area contributed by atoms with Gasteiger partial charge in [0.05, 0.1) is 5.84 Å². The third-order valence-electron chi connectivity index (χ3n) is 0.585. The predicted octanol–water partition coefficient (Wildman–Crippen LogP) is 0.774. The Morgan fingerprint density at radius 2 is 2.29 bits per heavy atom. The molecule has 0 aromatic heterocycles. The Hall–Kier alpha value is -0.530. The van der Waals surface area contributed by atoms with Crippen molar-refractivity contribution in [3.8, 4) is 0 Å². The van der Waals surface area contributed by atoms with Gasteiger partial charge >= 0.3 is 0 Å². The third kappa shape index (κ3) is 5.47. The molecule has 0 saturated heterocycles. The van der Waals surface area contributed by atoms with Crippen LogP contribution >= 0.6 is 0 Å². The van der Waals surface area contributed by atoms with Gasteiger partial charge in [0.2, 0.25) is 0 Å². The van der Waals surface area contributed by atoms with Crippen LogP contribution in [-0.4, -0.2) is 12.4 Å². The maximum Gasteiger partial charge on any atom is 0.0905 e. The topological polar surface area (TPSA) is 38.4 Å². The third-order valence-corrected chi connectivity index (χ3v) is 0.585. The Bertz CT molecular complexity index is 62.5. The molecule has 0 radical (unpaired) electrons. The lowest BCUT2D eigenvalue weighted by Gasteiger charge is -1.86. The lowest BCUT2D eigenvalue weighted by Crippen LogP contribution is -2.05. The van der Waals surface area contributed by atoms with Gasteiger partial charge in [0, 0.05) is 6.54 Å². The van der Waals surface area contributed by atoms with E-state index in [1.54, 1.807) is 6.92 Å². The van der Waals surface area contributed by atoms with Crippen molar-refractivity contribution >= 4 is 5.84 Å². The predicted molar refractivity (Wildman–Crippen MR) is 32.5 cm³/mol. The number of nitrogens with zero attached hydrogens (tertiary/aromatic N) is 1. The van der Waals surface area contributed by atoms with E-state index in [2.05, 4.69) is 11.9 Å². The first kappa shape index (κ1) is 6.47. The molecule has 0 atom stereocenters. The summed E-state index contributed by atoms with van der Waals surface area (Å²) in [7, 11) is 0. The molecule has 0 rings (SSSR count). The van der Waals surface area contributed by atoms with E-state index >= 15 is 0 Å². The van der Waals surface area contributed by atoms with Gasteiger partial charge in [-0.1, -0.05) is 6.92 Å². The monoisotopic (exact) mass is 100 g/mol. The van der Waals surface area contributed by atoms with Crippen LogP contribution in [0.3, 0.4) is 0 Å². The van der Waals surface area contributed by atoms with Crippen LogP contribution in [0.2, 0.25) is 0 Å². The van der Waals surface area contributed by atoms with Crippen LogP contribution in [0.4, 0.5) is 0 Å². The SMILES string of the molecule is CCCN=C(C)N. The van der Waals surface area contributed by atoms with Crippen molar-refractivity contribution in [1.82, 2.24) is 0 Å². The highest BCUT2D eigenvalue weighted by atomic mass is 14.8. The Balaban J connectivity index is 3.08. The molecule has 0 saturated carbocycles. The van der Waals surface area contributed by atoms with E-state index in [4.69, 9.17) is 5.73 Å². The van der Waals surface area contributed by atoms with Crippen LogP contribution < -0.4 is 5.73 Å². The minimum atomic E-state index is 0.682. The van der Waals surface area contributed by atoms with E-state index in [9.17, 15) is 0 Å². The average molecular weight is 100 g/mol. The molecule has 0 unspecified atom stereocenters. The number of rotatable bonds is 2. The molecule has 0 fully saturated rings. The summed E-state index contributed by atoms with van der Waals surface area (Å²) in [6.45, 7) is 4.74. The highest BCUT2D eigenvalue weighted by Crippen LogP contribution is 1.75. The average Bonchev–Trinajstić information content (AvgIpc) is 1.61. The Morgan fingerprint density at radius 3 is 2.43 bits per heavy atom. The standard InChI is InChI=1S/C5H12N2/c1-3-4-7-5(2)6/h3-4H2,1-2H3,(H2,6,7). The first-order valence-corrected chi connectivity index (χ1v) is 2.54. The molecule has 0 bridgehead atoms. The fraction of sp³-hybridized carbons (Fsp3) is 0.800. The molecule has 2 nitrogen and oxygen atoms in total. The maximum absolute atomic E-state index is 5.23. The zero-order chi connectivity index (χ0) is 5.70. The number of amidine groups is 1. The smallest absolute Gasteiger partial charge is 0.0905 e. The molecule has 0 aromatic carbocycles.